The van der Waals surface area contributed by atoms with Crippen LogP contribution in [-0.2, 0) is 6.18 Å². The quantitative estimate of drug-likeness (QED) is 0.175. The molecule has 0 aliphatic heterocycles. The highest BCUT2D eigenvalue weighted by molar-refractivity contribution is 9.10. The molecular weight excluding hydrogens is 525 g/mol. The van der Waals surface area contributed by atoms with Gasteiger partial charge in [-0.25, -0.2) is 4.79 Å². The van der Waals surface area contributed by atoms with Crippen LogP contribution >= 0.6 is 15.9 Å². The van der Waals surface area contributed by atoms with Gasteiger partial charge in [0.2, 0.25) is 11.2 Å². The van der Waals surface area contributed by atoms with Crippen molar-refractivity contribution < 1.29 is 27.1 Å². The highest BCUT2D eigenvalue weighted by atomic mass is 79.9. The van der Waals surface area contributed by atoms with Crippen LogP contribution in [0.2, 0.25) is 0 Å². The van der Waals surface area contributed by atoms with Crippen molar-refractivity contribution in [3.8, 4) is 16.9 Å². The molecule has 0 fully saturated rings. The Balaban J connectivity index is 1.66. The molecule has 0 N–H and O–H groups in total. The zero-order chi connectivity index (χ0) is 24.7. The third-order valence-electron chi connectivity index (χ3n) is 5.47. The summed E-state index contributed by atoms with van der Waals surface area (Å²) < 4.78 is 53.6. The number of carbonyl (C=O) groups is 1. The van der Waals surface area contributed by atoms with Gasteiger partial charge in [-0.3, -0.25) is 4.79 Å². The molecule has 0 radical (unpaired) electrons. The Morgan fingerprint density at radius 3 is 2.31 bits per heavy atom. The topological polar surface area (TPSA) is 56.5 Å². The van der Waals surface area contributed by atoms with Gasteiger partial charge in [0.05, 0.1) is 16.5 Å². The molecule has 8 heteroatoms. The molecule has 0 unspecified atom stereocenters. The van der Waals surface area contributed by atoms with Crippen molar-refractivity contribution in [1.82, 2.24) is 0 Å². The van der Waals surface area contributed by atoms with E-state index in [2.05, 4.69) is 15.9 Å². The van der Waals surface area contributed by atoms with Crippen LogP contribution < -0.4 is 10.2 Å². The Kier molecular flexibility index (Phi) is 5.68. The molecule has 0 aliphatic rings. The molecule has 35 heavy (non-hydrogen) atoms. The Morgan fingerprint density at radius 2 is 1.57 bits per heavy atom. The number of benzene rings is 4. The lowest BCUT2D eigenvalue weighted by Crippen LogP contribution is -2.16. The highest BCUT2D eigenvalue weighted by Gasteiger charge is 2.39. The zero-order valence-corrected chi connectivity index (χ0v) is 19.3. The molecule has 0 amide bonds. The molecule has 174 valence electrons. The van der Waals surface area contributed by atoms with Crippen LogP contribution in [0.1, 0.15) is 16.1 Å². The predicted molar refractivity (Wildman–Crippen MR) is 130 cm³/mol. The summed E-state index contributed by atoms with van der Waals surface area (Å²) in [6.45, 7) is 0. The summed E-state index contributed by atoms with van der Waals surface area (Å²) in [6.07, 6.45) is -4.94. The van der Waals surface area contributed by atoms with Crippen LogP contribution in [-0.4, -0.2) is 5.97 Å². The molecule has 0 spiro atoms. The molecule has 0 saturated heterocycles. The fourth-order valence-corrected chi connectivity index (χ4v) is 4.14. The fraction of sp³-hybridized carbons (Fsp3) is 0.0370. The molecule has 4 nitrogen and oxygen atoms in total. The van der Waals surface area contributed by atoms with Crippen LogP contribution in [0.4, 0.5) is 13.2 Å². The molecule has 4 aromatic carbocycles. The van der Waals surface area contributed by atoms with E-state index in [1.165, 1.54) is 30.3 Å². The van der Waals surface area contributed by atoms with Crippen LogP contribution in [0, 0.1) is 0 Å². The Labute approximate surface area is 204 Å². The Hall–Kier alpha value is -3.91. The number of hydrogen-bond acceptors (Lipinski definition) is 4. The van der Waals surface area contributed by atoms with Crippen molar-refractivity contribution in [2.24, 2.45) is 0 Å². The van der Waals surface area contributed by atoms with Crippen molar-refractivity contribution in [2.45, 2.75) is 6.18 Å². The van der Waals surface area contributed by atoms with E-state index in [0.717, 1.165) is 10.5 Å². The number of esters is 1. The Morgan fingerprint density at radius 1 is 0.857 bits per heavy atom. The number of ether oxygens (including phenoxy) is 1. The van der Waals surface area contributed by atoms with E-state index in [0.29, 0.717) is 10.8 Å². The monoisotopic (exact) mass is 538 g/mol. The van der Waals surface area contributed by atoms with E-state index in [4.69, 9.17) is 9.15 Å². The van der Waals surface area contributed by atoms with Gasteiger partial charge in [-0.05, 0) is 52.7 Å². The predicted octanol–water partition coefficient (Wildman–Crippen LogP) is 7.61. The first-order valence-corrected chi connectivity index (χ1v) is 11.2. The maximum Gasteiger partial charge on any atom is 0.450 e. The van der Waals surface area contributed by atoms with E-state index in [-0.39, 0.29) is 27.8 Å². The van der Waals surface area contributed by atoms with Gasteiger partial charge < -0.3 is 9.15 Å². The summed E-state index contributed by atoms with van der Waals surface area (Å²) in [6, 6.07) is 21.8. The molecular formula is C27H14BrF3O4. The summed E-state index contributed by atoms with van der Waals surface area (Å²) in [4.78, 5) is 25.8. The third kappa shape index (κ3) is 4.33. The molecule has 5 rings (SSSR count). The number of hydrogen-bond donors (Lipinski definition) is 0. The van der Waals surface area contributed by atoms with Gasteiger partial charge in [0.15, 0.2) is 0 Å². The molecule has 0 bridgehead atoms. The van der Waals surface area contributed by atoms with E-state index >= 15 is 0 Å². The van der Waals surface area contributed by atoms with Crippen molar-refractivity contribution in [1.29, 1.82) is 0 Å². The minimum Gasteiger partial charge on any atom is -0.450 e. The zero-order valence-electron chi connectivity index (χ0n) is 17.7. The number of halogens is 4. The lowest BCUT2D eigenvalue weighted by atomic mass is 9.96. The van der Waals surface area contributed by atoms with Crippen LogP contribution in [0.3, 0.4) is 0 Å². The summed E-state index contributed by atoms with van der Waals surface area (Å²) in [5, 5.41) is 1.12. The van der Waals surface area contributed by atoms with Gasteiger partial charge in [0.25, 0.3) is 0 Å². The third-order valence-corrected chi connectivity index (χ3v) is 6.00. The van der Waals surface area contributed by atoms with Gasteiger partial charge in [-0.1, -0.05) is 58.4 Å². The van der Waals surface area contributed by atoms with E-state index in [9.17, 15) is 22.8 Å². The second kappa shape index (κ2) is 8.70. The second-order valence-electron chi connectivity index (χ2n) is 7.71. The van der Waals surface area contributed by atoms with Crippen LogP contribution in [0.5, 0.6) is 5.75 Å². The number of alkyl halides is 3. The van der Waals surface area contributed by atoms with Crippen LogP contribution in [0.25, 0.3) is 32.9 Å². The van der Waals surface area contributed by atoms with Gasteiger partial charge >= 0.3 is 12.1 Å². The molecule has 0 aliphatic carbocycles. The first-order valence-electron chi connectivity index (χ1n) is 10.4. The maximum atomic E-state index is 14.1. The smallest absolute Gasteiger partial charge is 0.450 e. The minimum atomic E-state index is -4.94. The summed E-state index contributed by atoms with van der Waals surface area (Å²) in [5.74, 6) is -2.18. The molecule has 0 saturated carbocycles. The molecule has 0 atom stereocenters. The van der Waals surface area contributed by atoms with E-state index in [1.807, 2.05) is 0 Å². The van der Waals surface area contributed by atoms with Crippen molar-refractivity contribution >= 4 is 43.6 Å². The van der Waals surface area contributed by atoms with Gasteiger partial charge in [-0.15, -0.1) is 0 Å². The first kappa shape index (κ1) is 22.9. The molecule has 5 aromatic rings. The number of fused-ring (bicyclic) bond motifs is 2. The Bertz CT molecular complexity index is 1650. The number of carbonyl (C=O) groups excluding carboxylic acids is 1. The lowest BCUT2D eigenvalue weighted by molar-refractivity contribution is -0.152. The lowest BCUT2D eigenvalue weighted by Gasteiger charge is -2.14. The van der Waals surface area contributed by atoms with Gasteiger partial charge in [0.1, 0.15) is 11.3 Å². The largest absolute Gasteiger partial charge is 0.450 e. The van der Waals surface area contributed by atoms with Gasteiger partial charge in [0, 0.05) is 10.5 Å². The minimum absolute atomic E-state index is 0.0559. The molecule has 1 heterocycles. The number of rotatable bonds is 3. The summed E-state index contributed by atoms with van der Waals surface area (Å²) >= 11 is 3.27. The van der Waals surface area contributed by atoms with E-state index in [1.54, 1.807) is 48.5 Å². The van der Waals surface area contributed by atoms with Crippen LogP contribution in [0.15, 0.2) is 98.6 Å². The van der Waals surface area contributed by atoms with Gasteiger partial charge in [-0.2, -0.15) is 13.2 Å². The van der Waals surface area contributed by atoms with Crippen molar-refractivity contribution in [3.63, 3.8) is 0 Å². The highest BCUT2D eigenvalue weighted by Crippen LogP contribution is 2.39. The SMILES string of the molecule is O=C(Oc1ccc2c(=O)c(-c3cccc4ccccc34)c(C(F)(F)F)oc2c1)c1ccc(Br)cc1. The summed E-state index contributed by atoms with van der Waals surface area (Å²) in [5.41, 5.74) is -1.37. The molecule has 1 aromatic heterocycles. The normalized spacial score (nSPS) is 11.7. The first-order chi connectivity index (χ1) is 16.7. The average Bonchev–Trinajstić information content (AvgIpc) is 2.83. The second-order valence-corrected chi connectivity index (χ2v) is 8.63. The van der Waals surface area contributed by atoms with Crippen molar-refractivity contribution in [3.05, 3.63) is 111 Å². The fourth-order valence-electron chi connectivity index (χ4n) is 3.88. The van der Waals surface area contributed by atoms with Crippen molar-refractivity contribution in [2.75, 3.05) is 0 Å². The maximum absolute atomic E-state index is 14.1. The standard InChI is InChI=1S/C27H14BrF3O4/c28-17-10-8-16(9-11-17)26(33)34-18-12-13-21-22(14-18)35-25(27(29,30)31)23(24(21)32)20-7-3-5-15-4-1-2-6-19(15)20/h1-14H. The summed E-state index contributed by atoms with van der Waals surface area (Å²) in [7, 11) is 0. The van der Waals surface area contributed by atoms with E-state index < -0.39 is 28.9 Å². The average molecular weight is 539 g/mol.